The van der Waals surface area contributed by atoms with E-state index in [9.17, 15) is 5.11 Å². The average molecular weight is 234 g/mol. The Morgan fingerprint density at radius 3 is 2.76 bits per heavy atom. The van der Waals surface area contributed by atoms with Crippen molar-refractivity contribution in [2.45, 2.75) is 39.2 Å². The van der Waals surface area contributed by atoms with Crippen LogP contribution in [0.25, 0.3) is 0 Å². The van der Waals surface area contributed by atoms with E-state index in [0.29, 0.717) is 6.61 Å². The Labute approximate surface area is 104 Å². The van der Waals surface area contributed by atoms with Gasteiger partial charge in [0.05, 0.1) is 12.2 Å². The van der Waals surface area contributed by atoms with Crippen LogP contribution in [0.4, 0.5) is 0 Å². The van der Waals surface area contributed by atoms with Crippen molar-refractivity contribution < 1.29 is 9.84 Å². The van der Waals surface area contributed by atoms with E-state index in [1.54, 1.807) is 0 Å². The summed E-state index contributed by atoms with van der Waals surface area (Å²) in [6.07, 6.45) is 1.70. The van der Waals surface area contributed by atoms with Crippen LogP contribution in [-0.4, -0.2) is 18.3 Å². The summed E-state index contributed by atoms with van der Waals surface area (Å²) in [4.78, 5) is 0. The van der Waals surface area contributed by atoms with Crippen LogP contribution in [0.3, 0.4) is 0 Å². The third kappa shape index (κ3) is 2.24. The van der Waals surface area contributed by atoms with E-state index in [2.05, 4.69) is 39.0 Å². The van der Waals surface area contributed by atoms with Gasteiger partial charge in [-0.1, -0.05) is 30.7 Å². The van der Waals surface area contributed by atoms with Gasteiger partial charge in [0.15, 0.2) is 0 Å². The molecule has 1 N–H and O–H groups in total. The predicted octanol–water partition coefficient (Wildman–Crippen LogP) is 2.94. The lowest BCUT2D eigenvalue weighted by Gasteiger charge is -2.34. The Hall–Kier alpha value is -0.860. The first-order valence-electron chi connectivity index (χ1n) is 6.45. The predicted molar refractivity (Wildman–Crippen MR) is 69.0 cm³/mol. The van der Waals surface area contributed by atoms with Crippen LogP contribution >= 0.6 is 0 Å². The summed E-state index contributed by atoms with van der Waals surface area (Å²) in [5, 5.41) is 11.0. The maximum Gasteiger partial charge on any atom is 0.0947 e. The molecular formula is C15H22O2. The molecule has 0 radical (unpaired) electrons. The van der Waals surface area contributed by atoms with Crippen molar-refractivity contribution in [3.63, 3.8) is 0 Å². The van der Waals surface area contributed by atoms with Crippen molar-refractivity contribution in [2.75, 3.05) is 13.2 Å². The third-order valence-electron chi connectivity index (χ3n) is 4.00. The van der Waals surface area contributed by atoms with Gasteiger partial charge in [0.25, 0.3) is 0 Å². The minimum absolute atomic E-state index is 0.230. The summed E-state index contributed by atoms with van der Waals surface area (Å²) in [6.45, 7) is 7.66. The fraction of sp³-hybridized carbons (Fsp3) is 0.600. The number of aliphatic hydroxyl groups is 1. The summed E-state index contributed by atoms with van der Waals surface area (Å²) < 4.78 is 5.44. The van der Waals surface area contributed by atoms with Gasteiger partial charge in [0.1, 0.15) is 0 Å². The minimum atomic E-state index is -0.730. The van der Waals surface area contributed by atoms with Crippen LogP contribution in [0.1, 0.15) is 36.5 Å². The molecular weight excluding hydrogens is 212 g/mol. The molecule has 2 rings (SSSR count). The van der Waals surface area contributed by atoms with E-state index in [1.165, 1.54) is 11.1 Å². The molecule has 1 fully saturated rings. The highest BCUT2D eigenvalue weighted by Crippen LogP contribution is 2.39. The summed E-state index contributed by atoms with van der Waals surface area (Å²) in [5.41, 5.74) is 2.73. The summed E-state index contributed by atoms with van der Waals surface area (Å²) in [5.74, 6) is 0.230. The fourth-order valence-corrected chi connectivity index (χ4v) is 2.81. The number of benzene rings is 1. The van der Waals surface area contributed by atoms with Gasteiger partial charge < -0.3 is 9.84 Å². The number of rotatable bonds is 3. The highest BCUT2D eigenvalue weighted by molar-refractivity contribution is 5.35. The van der Waals surface area contributed by atoms with Crippen molar-refractivity contribution in [2.24, 2.45) is 5.92 Å². The molecule has 0 aromatic heterocycles. The van der Waals surface area contributed by atoms with Crippen molar-refractivity contribution >= 4 is 0 Å². The Balaban J connectivity index is 2.42. The van der Waals surface area contributed by atoms with Gasteiger partial charge >= 0.3 is 0 Å². The highest BCUT2D eigenvalue weighted by Gasteiger charge is 2.39. The second-order valence-corrected chi connectivity index (χ2v) is 5.16. The van der Waals surface area contributed by atoms with E-state index >= 15 is 0 Å². The van der Waals surface area contributed by atoms with Gasteiger partial charge in [0, 0.05) is 12.5 Å². The van der Waals surface area contributed by atoms with Crippen LogP contribution in [0, 0.1) is 19.8 Å². The van der Waals surface area contributed by atoms with E-state index in [-0.39, 0.29) is 5.92 Å². The molecule has 0 bridgehead atoms. The molecule has 1 aromatic carbocycles. The normalized spacial score (nSPS) is 23.6. The molecule has 2 nitrogen and oxygen atoms in total. The van der Waals surface area contributed by atoms with Crippen LogP contribution in [0.2, 0.25) is 0 Å². The quantitative estimate of drug-likeness (QED) is 0.871. The van der Waals surface area contributed by atoms with Crippen LogP contribution in [-0.2, 0) is 10.3 Å². The van der Waals surface area contributed by atoms with Gasteiger partial charge in [-0.2, -0.15) is 0 Å². The molecule has 0 amide bonds. The van der Waals surface area contributed by atoms with Crippen molar-refractivity contribution in [3.8, 4) is 0 Å². The first-order chi connectivity index (χ1) is 8.08. The molecule has 2 atom stereocenters. The van der Waals surface area contributed by atoms with E-state index in [1.807, 2.05) is 0 Å². The molecule has 1 aliphatic rings. The second kappa shape index (κ2) is 4.79. The first kappa shape index (κ1) is 12.6. The Bertz CT molecular complexity index is 394. The smallest absolute Gasteiger partial charge is 0.0947 e. The lowest BCUT2D eigenvalue weighted by molar-refractivity contribution is -0.0312. The first-order valence-corrected chi connectivity index (χ1v) is 6.45. The molecule has 17 heavy (non-hydrogen) atoms. The summed E-state index contributed by atoms with van der Waals surface area (Å²) >= 11 is 0. The SMILES string of the molecule is CCC(O)(c1cc(C)ccc1C)C1CCOC1. The molecule has 1 aliphatic heterocycles. The monoisotopic (exact) mass is 234 g/mol. The van der Waals surface area contributed by atoms with Crippen LogP contribution in [0.15, 0.2) is 18.2 Å². The Morgan fingerprint density at radius 1 is 1.41 bits per heavy atom. The van der Waals surface area contributed by atoms with Gasteiger partial charge in [-0.15, -0.1) is 0 Å². The number of hydrogen-bond donors (Lipinski definition) is 1. The second-order valence-electron chi connectivity index (χ2n) is 5.16. The number of ether oxygens (including phenoxy) is 1. The maximum atomic E-state index is 11.0. The van der Waals surface area contributed by atoms with Crippen LogP contribution in [0.5, 0.6) is 0 Å². The van der Waals surface area contributed by atoms with Gasteiger partial charge in [-0.05, 0) is 37.8 Å². The summed E-state index contributed by atoms with van der Waals surface area (Å²) in [6, 6.07) is 6.32. The molecule has 2 heteroatoms. The largest absolute Gasteiger partial charge is 0.385 e. The van der Waals surface area contributed by atoms with E-state index in [4.69, 9.17) is 4.74 Å². The van der Waals surface area contributed by atoms with Crippen molar-refractivity contribution in [3.05, 3.63) is 34.9 Å². The number of aryl methyl sites for hydroxylation is 2. The molecule has 0 spiro atoms. The molecule has 2 unspecified atom stereocenters. The molecule has 94 valence electrons. The van der Waals surface area contributed by atoms with E-state index in [0.717, 1.165) is 25.0 Å². The molecule has 1 aromatic rings. The zero-order valence-corrected chi connectivity index (χ0v) is 11.0. The zero-order chi connectivity index (χ0) is 12.5. The zero-order valence-electron chi connectivity index (χ0n) is 11.0. The topological polar surface area (TPSA) is 29.5 Å². The van der Waals surface area contributed by atoms with Crippen molar-refractivity contribution in [1.82, 2.24) is 0 Å². The standard InChI is InChI=1S/C15H22O2/c1-4-15(16,13-7-8-17-10-13)14-9-11(2)5-6-12(14)3/h5-6,9,13,16H,4,7-8,10H2,1-3H3. The van der Waals surface area contributed by atoms with Crippen LogP contribution < -0.4 is 0 Å². The van der Waals surface area contributed by atoms with Crippen molar-refractivity contribution in [1.29, 1.82) is 0 Å². The third-order valence-corrected chi connectivity index (χ3v) is 4.00. The Morgan fingerprint density at radius 2 is 2.18 bits per heavy atom. The maximum absolute atomic E-state index is 11.0. The lowest BCUT2D eigenvalue weighted by atomic mass is 9.77. The average Bonchev–Trinajstić information content (AvgIpc) is 2.85. The minimum Gasteiger partial charge on any atom is -0.385 e. The summed E-state index contributed by atoms with van der Waals surface area (Å²) in [7, 11) is 0. The lowest BCUT2D eigenvalue weighted by Crippen LogP contribution is -2.35. The van der Waals surface area contributed by atoms with Gasteiger partial charge in [-0.25, -0.2) is 0 Å². The van der Waals surface area contributed by atoms with E-state index < -0.39 is 5.60 Å². The van der Waals surface area contributed by atoms with Gasteiger partial charge in [0.2, 0.25) is 0 Å². The fourth-order valence-electron chi connectivity index (χ4n) is 2.81. The molecule has 1 heterocycles. The molecule has 1 saturated heterocycles. The number of hydrogen-bond acceptors (Lipinski definition) is 2. The Kier molecular flexibility index (Phi) is 3.55. The highest BCUT2D eigenvalue weighted by atomic mass is 16.5. The van der Waals surface area contributed by atoms with Gasteiger partial charge in [-0.3, -0.25) is 0 Å². The molecule has 0 aliphatic carbocycles. The molecule has 0 saturated carbocycles.